The molecule has 42 heavy (non-hydrogen) atoms. The smallest absolute Gasteiger partial charge is 0.255 e. The van der Waals surface area contributed by atoms with Gasteiger partial charge in [0.1, 0.15) is 22.8 Å². The summed E-state index contributed by atoms with van der Waals surface area (Å²) >= 11 is 0. The highest BCUT2D eigenvalue weighted by Gasteiger charge is 2.64. The molecule has 228 valence electrons. The lowest BCUT2D eigenvalue weighted by atomic mass is 9.57. The molecule has 0 aliphatic heterocycles. The maximum atomic E-state index is 14.1. The second-order valence-corrected chi connectivity index (χ2v) is 13.2. The molecule has 5 rings (SSSR count). The van der Waals surface area contributed by atoms with Crippen molar-refractivity contribution in [3.8, 4) is 5.75 Å². The minimum atomic E-state index is -2.65. The van der Waals surface area contributed by atoms with Crippen LogP contribution < -0.4 is 10.6 Å². The molecule has 4 aliphatic rings. The van der Waals surface area contributed by atoms with Crippen LogP contribution in [-0.4, -0.2) is 100 Å². The number of aromatic hydroxyl groups is 1. The predicted molar refractivity (Wildman–Crippen MR) is 157 cm³/mol. The van der Waals surface area contributed by atoms with Gasteiger partial charge in [0, 0.05) is 50.4 Å². The van der Waals surface area contributed by atoms with Crippen LogP contribution in [0.4, 0.5) is 5.69 Å². The molecule has 0 bridgehead atoms. The number of aliphatic hydroxyl groups is 3. The van der Waals surface area contributed by atoms with Gasteiger partial charge in [0.15, 0.2) is 11.4 Å². The Kier molecular flexibility index (Phi) is 7.44. The number of nitrogens with zero attached hydrogens (tertiary/aromatic N) is 3. The third-order valence-corrected chi connectivity index (χ3v) is 9.26. The van der Waals surface area contributed by atoms with Gasteiger partial charge >= 0.3 is 0 Å². The van der Waals surface area contributed by atoms with Gasteiger partial charge in [-0.3, -0.25) is 24.2 Å². The normalized spacial score (nSPS) is 27.5. The molecular weight excluding hydrogens is 540 g/mol. The summed E-state index contributed by atoms with van der Waals surface area (Å²) in [5, 5.41) is 45.7. The molecule has 6 N–H and O–H groups in total. The number of phenolic OH excluding ortho intramolecular Hbond substituents is 1. The molecule has 0 aromatic heterocycles. The molecule has 0 spiro atoms. The number of primary amides is 1. The molecule has 4 aliphatic carbocycles. The molecule has 4 atom stereocenters. The predicted octanol–water partition coefficient (Wildman–Crippen LogP) is 1.65. The first-order valence-corrected chi connectivity index (χ1v) is 14.5. The van der Waals surface area contributed by atoms with Gasteiger partial charge in [0.25, 0.3) is 5.91 Å². The van der Waals surface area contributed by atoms with Crippen LogP contribution in [0.5, 0.6) is 5.75 Å². The lowest BCUT2D eigenvalue weighted by molar-refractivity contribution is -0.153. The number of anilines is 1. The molecule has 0 heterocycles. The number of fused-ring (bicyclic) bond motifs is 3. The number of likely N-dealkylation sites (N-methyl/N-ethyl adjacent to an activating group) is 1. The maximum absolute atomic E-state index is 14.1. The fourth-order valence-corrected chi connectivity index (χ4v) is 7.52. The maximum Gasteiger partial charge on any atom is 0.255 e. The number of amides is 1. The van der Waals surface area contributed by atoms with Crippen molar-refractivity contribution in [1.29, 1.82) is 0 Å². The van der Waals surface area contributed by atoms with E-state index in [9.17, 15) is 34.8 Å². The third-order valence-electron chi connectivity index (χ3n) is 9.26. The highest BCUT2D eigenvalue weighted by Crippen LogP contribution is 2.54. The molecule has 1 aromatic rings. The highest BCUT2D eigenvalue weighted by molar-refractivity contribution is 6.24. The molecule has 1 aromatic carbocycles. The molecular formula is C31H42N4O7. The standard InChI is InChI=1S/C31H42N4O7/c1-14(2)12-35(17-7-8-17)13-16-11-20(36)22-18(24(16)33(3)4)9-15-10-19-25(34(5)6)27(38)23(30(32)41)29(40)31(19,42)28(39)21(15)26(22)37/h11,14-15,17,19,25,36-37,40,42H,7-10,12-13H2,1-6H3,(H2,32,41)/t15-,19-,25-,31-/m0/s1. The van der Waals surface area contributed by atoms with Crippen molar-refractivity contribution >= 4 is 28.9 Å². The average molecular weight is 583 g/mol. The van der Waals surface area contributed by atoms with Crippen molar-refractivity contribution in [3.05, 3.63) is 39.7 Å². The van der Waals surface area contributed by atoms with E-state index in [1.807, 2.05) is 19.0 Å². The number of nitrogens with two attached hydrogens (primary N) is 1. The van der Waals surface area contributed by atoms with Crippen LogP contribution in [0, 0.1) is 17.8 Å². The zero-order chi connectivity index (χ0) is 31.0. The van der Waals surface area contributed by atoms with E-state index in [-0.39, 0.29) is 29.7 Å². The van der Waals surface area contributed by atoms with E-state index in [0.29, 0.717) is 24.1 Å². The summed E-state index contributed by atoms with van der Waals surface area (Å²) in [4.78, 5) is 45.5. The molecule has 11 nitrogen and oxygen atoms in total. The van der Waals surface area contributed by atoms with E-state index in [1.165, 1.54) is 4.90 Å². The Morgan fingerprint density at radius 3 is 2.29 bits per heavy atom. The van der Waals surface area contributed by atoms with Crippen molar-refractivity contribution in [3.63, 3.8) is 0 Å². The van der Waals surface area contributed by atoms with Gasteiger partial charge in [-0.1, -0.05) is 13.8 Å². The summed E-state index contributed by atoms with van der Waals surface area (Å²) in [6.07, 6.45) is 2.59. The van der Waals surface area contributed by atoms with Crippen LogP contribution in [0.25, 0.3) is 5.76 Å². The SMILES string of the molecule is CC(C)CN(Cc1cc(O)c2c(c1N(C)C)C[C@H]1C[C@H]3[C@H](N(C)C)C(=O)C(C(N)=O)=C(O)[C@@]3(O)C(=O)C1=C2O)C1CC1. The van der Waals surface area contributed by atoms with E-state index < -0.39 is 58.0 Å². The van der Waals surface area contributed by atoms with Gasteiger partial charge in [0.05, 0.1) is 11.6 Å². The first-order chi connectivity index (χ1) is 19.6. The van der Waals surface area contributed by atoms with E-state index >= 15 is 0 Å². The Hall–Kier alpha value is -3.41. The second-order valence-electron chi connectivity index (χ2n) is 13.2. The summed E-state index contributed by atoms with van der Waals surface area (Å²) < 4.78 is 0. The van der Waals surface area contributed by atoms with Crippen molar-refractivity contribution < 1.29 is 34.8 Å². The zero-order valence-electron chi connectivity index (χ0n) is 25.1. The second kappa shape index (κ2) is 10.4. The van der Waals surface area contributed by atoms with Gasteiger partial charge < -0.3 is 31.1 Å². The fraction of sp³-hybridized carbons (Fsp3) is 0.581. The summed E-state index contributed by atoms with van der Waals surface area (Å²) in [5.74, 6) is -6.02. The van der Waals surface area contributed by atoms with Crippen LogP contribution in [0.2, 0.25) is 0 Å². The molecule has 11 heteroatoms. The van der Waals surface area contributed by atoms with Crippen molar-refractivity contribution in [2.75, 3.05) is 39.6 Å². The van der Waals surface area contributed by atoms with E-state index in [1.54, 1.807) is 20.2 Å². The monoisotopic (exact) mass is 582 g/mol. The van der Waals surface area contributed by atoms with Gasteiger partial charge in [0.2, 0.25) is 5.78 Å². The van der Waals surface area contributed by atoms with Gasteiger partial charge in [-0.05, 0) is 68.8 Å². The number of aliphatic hydroxyl groups excluding tert-OH is 2. The Balaban J connectivity index is 1.67. The number of carbonyl (C=O) groups is 3. The molecule has 2 saturated carbocycles. The molecule has 2 fully saturated rings. The number of carbonyl (C=O) groups excluding carboxylic acids is 3. The number of phenols is 1. The summed E-state index contributed by atoms with van der Waals surface area (Å²) in [5.41, 5.74) is 4.34. The fourth-order valence-electron chi connectivity index (χ4n) is 7.52. The third kappa shape index (κ3) is 4.49. The summed E-state index contributed by atoms with van der Waals surface area (Å²) in [6.45, 7) is 5.88. The number of Topliss-reactive ketones (excluding diaryl/α,β-unsaturated/α-hetero) is 2. The van der Waals surface area contributed by atoms with Crippen LogP contribution >= 0.6 is 0 Å². The van der Waals surface area contributed by atoms with Crippen LogP contribution in [0.3, 0.4) is 0 Å². The van der Waals surface area contributed by atoms with E-state index in [2.05, 4.69) is 18.7 Å². The topological polar surface area (TPSA) is 168 Å². The largest absolute Gasteiger partial charge is 0.508 e. The Morgan fingerprint density at radius 1 is 1.12 bits per heavy atom. The van der Waals surface area contributed by atoms with E-state index in [0.717, 1.165) is 30.6 Å². The minimum Gasteiger partial charge on any atom is -0.508 e. The summed E-state index contributed by atoms with van der Waals surface area (Å²) in [7, 11) is 6.98. The first kappa shape index (κ1) is 30.1. The Bertz CT molecular complexity index is 1420. The van der Waals surface area contributed by atoms with Crippen molar-refractivity contribution in [2.45, 2.75) is 63.8 Å². The number of benzene rings is 1. The zero-order valence-corrected chi connectivity index (χ0v) is 25.1. The van der Waals surface area contributed by atoms with Gasteiger partial charge in [-0.15, -0.1) is 0 Å². The van der Waals surface area contributed by atoms with E-state index in [4.69, 9.17) is 5.73 Å². The van der Waals surface area contributed by atoms with Gasteiger partial charge in [-0.2, -0.15) is 0 Å². The molecule has 0 unspecified atom stereocenters. The number of hydrogen-bond donors (Lipinski definition) is 5. The van der Waals surface area contributed by atoms with Crippen LogP contribution in [0.15, 0.2) is 23.0 Å². The van der Waals surface area contributed by atoms with Gasteiger partial charge in [-0.25, -0.2) is 0 Å². The highest BCUT2D eigenvalue weighted by atomic mass is 16.3. The Labute approximate surface area is 245 Å². The quantitative estimate of drug-likeness (QED) is 0.284. The number of rotatable bonds is 8. The Morgan fingerprint density at radius 2 is 1.76 bits per heavy atom. The van der Waals surface area contributed by atoms with Crippen LogP contribution in [0.1, 0.15) is 49.8 Å². The minimum absolute atomic E-state index is 0.0607. The molecule has 0 radical (unpaired) electrons. The summed E-state index contributed by atoms with van der Waals surface area (Å²) in [6, 6.07) is 1.01. The number of hydrogen-bond acceptors (Lipinski definition) is 10. The van der Waals surface area contributed by atoms with Crippen LogP contribution in [-0.2, 0) is 27.3 Å². The molecule has 0 saturated heterocycles. The number of ketones is 2. The lowest BCUT2D eigenvalue weighted by Gasteiger charge is -2.50. The van der Waals surface area contributed by atoms with Crippen molar-refractivity contribution in [2.24, 2.45) is 23.5 Å². The average Bonchev–Trinajstić information content (AvgIpc) is 3.70. The molecule has 1 amide bonds. The van der Waals surface area contributed by atoms with Crippen molar-refractivity contribution in [1.82, 2.24) is 9.80 Å². The first-order valence-electron chi connectivity index (χ1n) is 14.5. The lowest BCUT2D eigenvalue weighted by Crippen LogP contribution is -2.65.